The van der Waals surface area contributed by atoms with Crippen LogP contribution in [0.5, 0.6) is 0 Å². The first-order valence-corrected chi connectivity index (χ1v) is 9.20. The Morgan fingerprint density at radius 1 is 1.48 bits per heavy atom. The Morgan fingerprint density at radius 2 is 2.24 bits per heavy atom. The lowest BCUT2D eigenvalue weighted by Gasteiger charge is -2.35. The lowest BCUT2D eigenvalue weighted by atomic mass is 9.85. The van der Waals surface area contributed by atoms with Crippen molar-refractivity contribution >= 4 is 27.3 Å². The highest BCUT2D eigenvalue weighted by atomic mass is 79.9. The second-order valence-corrected chi connectivity index (χ2v) is 9.22. The third-order valence-corrected chi connectivity index (χ3v) is 5.51. The second kappa shape index (κ2) is 7.09. The van der Waals surface area contributed by atoms with Crippen LogP contribution in [0.2, 0.25) is 0 Å². The summed E-state index contributed by atoms with van der Waals surface area (Å²) in [6, 6.07) is 2.21. The standard InChI is InChI=1S/C16H27BrN2OS/c1-15(2,3)18-10-16(5-6-20-12-16)11-19(4)8-14-7-13(17)9-21-14/h7,9,18H,5-6,8,10-12H2,1-4H3. The molecule has 0 spiro atoms. The Balaban J connectivity index is 1.92. The maximum atomic E-state index is 5.71. The molecule has 2 rings (SSSR count). The number of ether oxygens (including phenoxy) is 1. The largest absolute Gasteiger partial charge is 0.381 e. The Bertz CT molecular complexity index is 449. The average Bonchev–Trinajstić information content (AvgIpc) is 2.96. The average molecular weight is 375 g/mol. The fourth-order valence-corrected chi connectivity index (χ4v) is 4.28. The van der Waals surface area contributed by atoms with E-state index in [9.17, 15) is 0 Å². The highest BCUT2D eigenvalue weighted by molar-refractivity contribution is 9.10. The van der Waals surface area contributed by atoms with Gasteiger partial charge in [0, 0.05) is 51.9 Å². The molecule has 2 heterocycles. The second-order valence-electron chi connectivity index (χ2n) is 7.31. The summed E-state index contributed by atoms with van der Waals surface area (Å²) in [5.41, 5.74) is 0.406. The van der Waals surface area contributed by atoms with Gasteiger partial charge in [-0.15, -0.1) is 11.3 Å². The summed E-state index contributed by atoms with van der Waals surface area (Å²) in [5.74, 6) is 0. The molecule has 1 aliphatic rings. The molecular weight excluding hydrogens is 348 g/mol. The van der Waals surface area contributed by atoms with Gasteiger partial charge in [0.15, 0.2) is 0 Å². The Hall–Kier alpha value is 0.0600. The van der Waals surface area contributed by atoms with E-state index in [4.69, 9.17) is 4.74 Å². The molecule has 21 heavy (non-hydrogen) atoms. The predicted octanol–water partition coefficient (Wildman–Crippen LogP) is 3.74. The smallest absolute Gasteiger partial charge is 0.0547 e. The maximum absolute atomic E-state index is 5.71. The van der Waals surface area contributed by atoms with Crippen LogP contribution in [0.15, 0.2) is 15.9 Å². The number of hydrogen-bond donors (Lipinski definition) is 1. The zero-order chi connectivity index (χ0) is 15.5. The molecule has 0 bridgehead atoms. The fourth-order valence-electron chi connectivity index (χ4n) is 2.75. The van der Waals surface area contributed by atoms with Crippen molar-refractivity contribution < 1.29 is 4.74 Å². The molecule has 1 atom stereocenters. The molecule has 0 radical (unpaired) electrons. The Labute approximate surface area is 141 Å². The van der Waals surface area contributed by atoms with E-state index in [2.05, 4.69) is 65.4 Å². The van der Waals surface area contributed by atoms with Crippen molar-refractivity contribution in [3.63, 3.8) is 0 Å². The van der Waals surface area contributed by atoms with Gasteiger partial charge in [-0.1, -0.05) is 0 Å². The molecule has 1 aromatic heterocycles. The summed E-state index contributed by atoms with van der Waals surface area (Å²) in [4.78, 5) is 3.83. The van der Waals surface area contributed by atoms with Gasteiger partial charge in [-0.05, 0) is 56.2 Å². The van der Waals surface area contributed by atoms with E-state index in [-0.39, 0.29) is 11.0 Å². The Kier molecular flexibility index (Phi) is 5.88. The summed E-state index contributed by atoms with van der Waals surface area (Å²) in [7, 11) is 2.21. The lowest BCUT2D eigenvalue weighted by Crippen LogP contribution is -2.48. The molecule has 5 heteroatoms. The maximum Gasteiger partial charge on any atom is 0.0547 e. The summed E-state index contributed by atoms with van der Waals surface area (Å²) >= 11 is 5.35. The highest BCUT2D eigenvalue weighted by Crippen LogP contribution is 2.30. The molecule has 0 aromatic carbocycles. The van der Waals surface area contributed by atoms with E-state index in [0.29, 0.717) is 0 Å². The first-order chi connectivity index (χ1) is 9.78. The van der Waals surface area contributed by atoms with Crippen LogP contribution in [-0.2, 0) is 11.3 Å². The van der Waals surface area contributed by atoms with Crippen LogP contribution in [-0.4, -0.2) is 43.8 Å². The van der Waals surface area contributed by atoms with Gasteiger partial charge < -0.3 is 15.0 Å². The van der Waals surface area contributed by atoms with Crippen molar-refractivity contribution in [2.24, 2.45) is 5.41 Å². The third-order valence-electron chi connectivity index (χ3n) is 3.83. The van der Waals surface area contributed by atoms with Gasteiger partial charge in [0.1, 0.15) is 0 Å². The Morgan fingerprint density at radius 3 is 2.76 bits per heavy atom. The molecule has 0 amide bonds. The van der Waals surface area contributed by atoms with Crippen LogP contribution >= 0.6 is 27.3 Å². The van der Waals surface area contributed by atoms with Gasteiger partial charge in [-0.25, -0.2) is 0 Å². The van der Waals surface area contributed by atoms with Crippen molar-refractivity contribution in [3.05, 3.63) is 20.8 Å². The van der Waals surface area contributed by atoms with Crippen LogP contribution in [0, 0.1) is 5.41 Å². The van der Waals surface area contributed by atoms with Crippen molar-refractivity contribution in [1.82, 2.24) is 10.2 Å². The van der Waals surface area contributed by atoms with Crippen molar-refractivity contribution in [3.8, 4) is 0 Å². The van der Waals surface area contributed by atoms with E-state index >= 15 is 0 Å². The van der Waals surface area contributed by atoms with Gasteiger partial charge in [0.25, 0.3) is 0 Å². The van der Waals surface area contributed by atoms with Gasteiger partial charge in [-0.3, -0.25) is 0 Å². The number of thiophene rings is 1. The number of rotatable bonds is 6. The predicted molar refractivity (Wildman–Crippen MR) is 94.0 cm³/mol. The van der Waals surface area contributed by atoms with Gasteiger partial charge >= 0.3 is 0 Å². The van der Waals surface area contributed by atoms with Gasteiger partial charge in [0.05, 0.1) is 6.61 Å². The first-order valence-electron chi connectivity index (χ1n) is 7.52. The summed E-state index contributed by atoms with van der Waals surface area (Å²) in [6.45, 7) is 11.5. The molecule has 3 nitrogen and oxygen atoms in total. The number of nitrogens with zero attached hydrogens (tertiary/aromatic N) is 1. The first kappa shape index (κ1) is 17.4. The molecule has 1 aliphatic heterocycles. The summed E-state index contributed by atoms with van der Waals surface area (Å²) in [5, 5.41) is 5.82. The zero-order valence-corrected chi connectivity index (χ0v) is 15.9. The van der Waals surface area contributed by atoms with E-state index < -0.39 is 0 Å². The lowest BCUT2D eigenvalue weighted by molar-refractivity contribution is 0.111. The molecule has 1 N–H and O–H groups in total. The molecule has 0 saturated carbocycles. The minimum Gasteiger partial charge on any atom is -0.381 e. The van der Waals surface area contributed by atoms with Crippen molar-refractivity contribution in [1.29, 1.82) is 0 Å². The molecule has 1 fully saturated rings. The molecule has 120 valence electrons. The number of halogens is 1. The topological polar surface area (TPSA) is 24.5 Å². The zero-order valence-electron chi connectivity index (χ0n) is 13.5. The summed E-state index contributed by atoms with van der Waals surface area (Å²) < 4.78 is 6.89. The molecule has 1 aromatic rings. The van der Waals surface area contributed by atoms with Crippen LogP contribution < -0.4 is 5.32 Å². The van der Waals surface area contributed by atoms with Crippen LogP contribution in [0.3, 0.4) is 0 Å². The fraction of sp³-hybridized carbons (Fsp3) is 0.750. The normalized spacial score (nSPS) is 23.1. The SMILES string of the molecule is CN(Cc1cc(Br)cs1)CC1(CNC(C)(C)C)CCOC1. The highest BCUT2D eigenvalue weighted by Gasteiger charge is 2.36. The van der Waals surface area contributed by atoms with Crippen LogP contribution in [0.1, 0.15) is 32.1 Å². The van der Waals surface area contributed by atoms with E-state index in [1.54, 1.807) is 0 Å². The van der Waals surface area contributed by atoms with E-state index in [0.717, 1.165) is 39.3 Å². The number of hydrogen-bond acceptors (Lipinski definition) is 4. The van der Waals surface area contributed by atoms with Crippen LogP contribution in [0.25, 0.3) is 0 Å². The minimum atomic E-state index is 0.160. The van der Waals surface area contributed by atoms with Gasteiger partial charge in [0.2, 0.25) is 0 Å². The summed E-state index contributed by atoms with van der Waals surface area (Å²) in [6.07, 6.45) is 1.15. The minimum absolute atomic E-state index is 0.160. The van der Waals surface area contributed by atoms with E-state index in [1.807, 2.05) is 11.3 Å². The molecule has 1 unspecified atom stereocenters. The quantitative estimate of drug-likeness (QED) is 0.820. The van der Waals surface area contributed by atoms with Gasteiger partial charge in [-0.2, -0.15) is 0 Å². The van der Waals surface area contributed by atoms with Crippen LogP contribution in [0.4, 0.5) is 0 Å². The number of nitrogens with one attached hydrogen (secondary N) is 1. The molecular formula is C16H27BrN2OS. The van der Waals surface area contributed by atoms with Crippen molar-refractivity contribution in [2.45, 2.75) is 39.3 Å². The molecule has 1 saturated heterocycles. The monoisotopic (exact) mass is 374 g/mol. The third kappa shape index (κ3) is 5.64. The van der Waals surface area contributed by atoms with E-state index in [1.165, 1.54) is 9.35 Å². The van der Waals surface area contributed by atoms with Crippen molar-refractivity contribution in [2.75, 3.05) is 33.4 Å². The molecule has 0 aliphatic carbocycles.